The van der Waals surface area contributed by atoms with Crippen LogP contribution in [0.4, 0.5) is 19.0 Å². The Labute approximate surface area is 230 Å². The van der Waals surface area contributed by atoms with Gasteiger partial charge in [0, 0.05) is 39.1 Å². The van der Waals surface area contributed by atoms with Gasteiger partial charge < -0.3 is 24.4 Å². The van der Waals surface area contributed by atoms with Gasteiger partial charge in [0.1, 0.15) is 11.4 Å². The number of benzene rings is 2. The van der Waals surface area contributed by atoms with E-state index in [0.717, 1.165) is 11.2 Å². The molecule has 0 bridgehead atoms. The van der Waals surface area contributed by atoms with E-state index in [2.05, 4.69) is 27.4 Å². The summed E-state index contributed by atoms with van der Waals surface area (Å²) < 4.78 is 59.8. The maximum atomic E-state index is 14.2. The van der Waals surface area contributed by atoms with Gasteiger partial charge in [-0.1, -0.05) is 30.3 Å². The smallest absolute Gasteiger partial charge is 0.410 e. The second-order valence-corrected chi connectivity index (χ2v) is 9.85. The van der Waals surface area contributed by atoms with Gasteiger partial charge in [0.15, 0.2) is 17.5 Å². The van der Waals surface area contributed by atoms with E-state index in [1.54, 1.807) is 17.0 Å². The zero-order valence-electron chi connectivity index (χ0n) is 22.6. The van der Waals surface area contributed by atoms with Gasteiger partial charge in [-0.2, -0.15) is 18.3 Å². The lowest BCUT2D eigenvalue weighted by molar-refractivity contribution is -0.173. The second-order valence-electron chi connectivity index (χ2n) is 9.85. The first kappa shape index (κ1) is 27.6. The Morgan fingerprint density at radius 1 is 1.00 bits per heavy atom. The number of halogens is 3. The van der Waals surface area contributed by atoms with E-state index in [1.165, 1.54) is 33.1 Å². The number of carbonyl (C=O) groups excluding carboxylic acids is 1. The van der Waals surface area contributed by atoms with Crippen LogP contribution < -0.4 is 19.5 Å². The first-order chi connectivity index (χ1) is 19.2. The van der Waals surface area contributed by atoms with Crippen LogP contribution in [-0.2, 0) is 6.54 Å². The van der Waals surface area contributed by atoms with E-state index in [1.807, 2.05) is 18.2 Å². The molecule has 9 nitrogen and oxygen atoms in total. The molecule has 1 saturated heterocycles. The molecule has 0 radical (unpaired) electrons. The highest BCUT2D eigenvalue weighted by molar-refractivity contribution is 5.99. The molecule has 1 aromatic heterocycles. The topological polar surface area (TPSA) is 81.1 Å². The molecule has 2 atom stereocenters. The summed E-state index contributed by atoms with van der Waals surface area (Å²) in [7, 11) is 4.34. The lowest BCUT2D eigenvalue weighted by atomic mass is 9.95. The molecule has 1 N–H and O–H groups in total. The molecule has 12 heteroatoms. The molecule has 1 fully saturated rings. The molecule has 0 aliphatic carbocycles. The summed E-state index contributed by atoms with van der Waals surface area (Å²) in [6.07, 6.45) is -3.68. The molecule has 40 heavy (non-hydrogen) atoms. The van der Waals surface area contributed by atoms with Crippen molar-refractivity contribution in [3.63, 3.8) is 0 Å². The molecular formula is C28H32F3N5O4. The second kappa shape index (κ2) is 11.3. The molecule has 2 aliphatic heterocycles. The van der Waals surface area contributed by atoms with Gasteiger partial charge >= 0.3 is 6.18 Å². The van der Waals surface area contributed by atoms with Crippen molar-refractivity contribution in [3.05, 3.63) is 65.4 Å². The van der Waals surface area contributed by atoms with Crippen molar-refractivity contribution in [2.24, 2.45) is 0 Å². The van der Waals surface area contributed by atoms with Gasteiger partial charge in [-0.25, -0.2) is 4.68 Å². The molecule has 5 rings (SSSR count). The average molecular weight is 560 g/mol. The van der Waals surface area contributed by atoms with Crippen LogP contribution >= 0.6 is 0 Å². The Balaban J connectivity index is 1.39. The van der Waals surface area contributed by atoms with Crippen LogP contribution in [0.15, 0.2) is 48.7 Å². The third-order valence-electron chi connectivity index (χ3n) is 7.47. The Kier molecular flexibility index (Phi) is 7.79. The molecule has 2 aliphatic rings. The number of hydrogen-bond acceptors (Lipinski definition) is 7. The Bertz CT molecular complexity index is 1310. The van der Waals surface area contributed by atoms with Crippen LogP contribution in [0, 0.1) is 0 Å². The standard InChI is InChI=1S/C28H32F3N5O4/c1-38-22-13-19(14-23(39-2)25(22)40-3)21-15-24(28(29,30)31)36-26(33-21)20(16-32-36)27(37)35-11-9-34(10-12-35)17-18-7-5-4-6-8-18/h4-8,13-14,16,21,24,33H,9-12,15,17H2,1-3H3/t21-,24+/m0/s1. The van der Waals surface area contributed by atoms with Crippen LogP contribution in [0.1, 0.15) is 40.0 Å². The molecule has 0 unspecified atom stereocenters. The summed E-state index contributed by atoms with van der Waals surface area (Å²) in [5, 5.41) is 7.18. The summed E-state index contributed by atoms with van der Waals surface area (Å²) in [6.45, 7) is 3.04. The van der Waals surface area contributed by atoms with Crippen LogP contribution in [0.25, 0.3) is 0 Å². The number of anilines is 1. The number of fused-ring (bicyclic) bond motifs is 1. The van der Waals surface area contributed by atoms with Crippen molar-refractivity contribution in [1.29, 1.82) is 0 Å². The van der Waals surface area contributed by atoms with Crippen LogP contribution in [-0.4, -0.2) is 79.2 Å². The summed E-state index contributed by atoms with van der Waals surface area (Å²) in [5.41, 5.74) is 1.81. The lowest BCUT2D eigenvalue weighted by Gasteiger charge is -2.36. The van der Waals surface area contributed by atoms with Crippen molar-refractivity contribution < 1.29 is 32.2 Å². The molecule has 3 aromatic rings. The van der Waals surface area contributed by atoms with Crippen molar-refractivity contribution in [2.45, 2.75) is 31.2 Å². The van der Waals surface area contributed by atoms with Crippen LogP contribution in [0.3, 0.4) is 0 Å². The van der Waals surface area contributed by atoms with Gasteiger partial charge in [0.2, 0.25) is 5.75 Å². The Hall–Kier alpha value is -3.93. The minimum atomic E-state index is -4.58. The highest BCUT2D eigenvalue weighted by Gasteiger charge is 2.47. The highest BCUT2D eigenvalue weighted by atomic mass is 19.4. The van der Waals surface area contributed by atoms with Gasteiger partial charge in [-0.15, -0.1) is 0 Å². The van der Waals surface area contributed by atoms with Crippen molar-refractivity contribution >= 4 is 11.7 Å². The first-order valence-electron chi connectivity index (χ1n) is 13.0. The predicted octanol–water partition coefficient (Wildman–Crippen LogP) is 4.53. The quantitative estimate of drug-likeness (QED) is 0.456. The number of rotatable bonds is 7. The minimum Gasteiger partial charge on any atom is -0.493 e. The van der Waals surface area contributed by atoms with E-state index < -0.39 is 18.3 Å². The summed E-state index contributed by atoms with van der Waals surface area (Å²) in [6, 6.07) is 10.6. The first-order valence-corrected chi connectivity index (χ1v) is 13.0. The maximum Gasteiger partial charge on any atom is 0.410 e. The van der Waals surface area contributed by atoms with Crippen LogP contribution in [0.2, 0.25) is 0 Å². The monoisotopic (exact) mass is 559 g/mol. The van der Waals surface area contributed by atoms with Crippen molar-refractivity contribution in [3.8, 4) is 17.2 Å². The lowest BCUT2D eigenvalue weighted by Crippen LogP contribution is -2.48. The fourth-order valence-corrected chi connectivity index (χ4v) is 5.36. The SMILES string of the molecule is COc1cc([C@@H]2C[C@H](C(F)(F)F)n3ncc(C(=O)N4CCN(Cc5ccccc5)CC4)c3N2)cc(OC)c1OC. The summed E-state index contributed by atoms with van der Waals surface area (Å²) in [5.74, 6) is 0.685. The van der Waals surface area contributed by atoms with E-state index in [-0.39, 0.29) is 23.7 Å². The molecule has 1 amide bonds. The van der Waals surface area contributed by atoms with Gasteiger partial charge in [-0.3, -0.25) is 9.69 Å². The molecule has 0 saturated carbocycles. The number of methoxy groups -OCH3 is 3. The number of hydrogen-bond donors (Lipinski definition) is 1. The molecular weight excluding hydrogens is 527 g/mol. The number of ether oxygens (including phenoxy) is 3. The van der Waals surface area contributed by atoms with Gasteiger partial charge in [0.25, 0.3) is 5.91 Å². The molecule has 3 heterocycles. The number of aromatic nitrogens is 2. The highest BCUT2D eigenvalue weighted by Crippen LogP contribution is 2.47. The third-order valence-corrected chi connectivity index (χ3v) is 7.47. The zero-order chi connectivity index (χ0) is 28.4. The summed E-state index contributed by atoms with van der Waals surface area (Å²) in [4.78, 5) is 17.5. The minimum absolute atomic E-state index is 0.0454. The van der Waals surface area contributed by atoms with E-state index in [0.29, 0.717) is 49.0 Å². The van der Waals surface area contributed by atoms with E-state index >= 15 is 0 Å². The van der Waals surface area contributed by atoms with Crippen molar-refractivity contribution in [2.75, 3.05) is 52.8 Å². The normalized spacial score (nSPS) is 19.5. The fourth-order valence-electron chi connectivity index (χ4n) is 5.36. The zero-order valence-corrected chi connectivity index (χ0v) is 22.6. The van der Waals surface area contributed by atoms with Crippen LogP contribution in [0.5, 0.6) is 17.2 Å². The average Bonchev–Trinajstić information content (AvgIpc) is 3.39. The van der Waals surface area contributed by atoms with Gasteiger partial charge in [0.05, 0.1) is 33.6 Å². The number of piperazine rings is 1. The Morgan fingerprint density at radius 2 is 1.65 bits per heavy atom. The Morgan fingerprint density at radius 3 is 2.23 bits per heavy atom. The number of amides is 1. The summed E-state index contributed by atoms with van der Waals surface area (Å²) >= 11 is 0. The maximum absolute atomic E-state index is 14.2. The van der Waals surface area contributed by atoms with E-state index in [4.69, 9.17) is 14.2 Å². The predicted molar refractivity (Wildman–Crippen MR) is 142 cm³/mol. The van der Waals surface area contributed by atoms with Gasteiger partial charge in [-0.05, 0) is 23.3 Å². The number of nitrogens with zero attached hydrogens (tertiary/aromatic N) is 4. The molecule has 0 spiro atoms. The number of nitrogens with one attached hydrogen (secondary N) is 1. The van der Waals surface area contributed by atoms with E-state index in [9.17, 15) is 18.0 Å². The molecule has 214 valence electrons. The third kappa shape index (κ3) is 5.40. The molecule has 2 aromatic carbocycles. The number of alkyl halides is 3. The number of carbonyl (C=O) groups is 1. The fraction of sp³-hybridized carbons (Fsp3) is 0.429. The largest absolute Gasteiger partial charge is 0.493 e. The van der Waals surface area contributed by atoms with Crippen molar-refractivity contribution in [1.82, 2.24) is 19.6 Å².